The topological polar surface area (TPSA) is 0 Å². The third kappa shape index (κ3) is 2.35. The molecule has 1 unspecified atom stereocenters. The van der Waals surface area contributed by atoms with Crippen LogP contribution in [0.4, 0.5) is 0 Å². The van der Waals surface area contributed by atoms with E-state index in [1.807, 2.05) is 0 Å². The smallest absolute Gasteiger partial charge is 0.0871 e. The number of benzene rings is 1. The van der Waals surface area contributed by atoms with Crippen LogP contribution in [-0.2, 0) is 0 Å². The first-order chi connectivity index (χ1) is 6.59. The molecule has 0 nitrogen and oxygen atoms in total. The summed E-state index contributed by atoms with van der Waals surface area (Å²) in [4.78, 5) is 0. The molecule has 0 N–H and O–H groups in total. The van der Waals surface area contributed by atoms with Gasteiger partial charge in [0.25, 0.3) is 0 Å². The van der Waals surface area contributed by atoms with Crippen molar-refractivity contribution >= 4 is 13.3 Å². The van der Waals surface area contributed by atoms with E-state index in [9.17, 15) is 0 Å². The van der Waals surface area contributed by atoms with Crippen LogP contribution in [0, 0.1) is 0 Å². The molecule has 0 saturated heterocycles. The molecule has 1 atom stereocenters. The second kappa shape index (κ2) is 4.60. The molecule has 0 spiro atoms. The van der Waals surface area contributed by atoms with E-state index in [4.69, 9.17) is 0 Å². The molecule has 0 amide bonds. The summed E-state index contributed by atoms with van der Waals surface area (Å²) in [5, 5.41) is 1.55. The highest BCUT2D eigenvalue weighted by Crippen LogP contribution is 2.22. The van der Waals surface area contributed by atoms with Crippen molar-refractivity contribution in [3.8, 4) is 0 Å². The maximum absolute atomic E-state index is 2.44. The number of hydrogen-bond donors (Lipinski definition) is 0. The van der Waals surface area contributed by atoms with E-state index in [0.717, 1.165) is 0 Å². The molecule has 14 heavy (non-hydrogen) atoms. The van der Waals surface area contributed by atoms with Gasteiger partial charge < -0.3 is 0 Å². The standard InChI is InChI=1S/C13H20Si/c1-5-9-12(2)14(3,4)13-10-7-6-8-11-13/h5-12H,1-4H3/b9-5+. The minimum Gasteiger partial charge on any atom is -0.0917 e. The van der Waals surface area contributed by atoms with E-state index < -0.39 is 8.07 Å². The zero-order valence-electron chi connectivity index (χ0n) is 9.62. The van der Waals surface area contributed by atoms with Gasteiger partial charge in [0, 0.05) is 0 Å². The fourth-order valence-corrected chi connectivity index (χ4v) is 3.91. The molecule has 0 aromatic heterocycles. The molecule has 0 fully saturated rings. The SMILES string of the molecule is C/C=C/C(C)[Si](C)(C)c1ccccc1. The predicted octanol–water partition coefficient (Wildman–Crippen LogP) is 3.57. The molecule has 1 heteroatoms. The number of hydrogen-bond acceptors (Lipinski definition) is 0. The average Bonchev–Trinajstić information content (AvgIpc) is 2.19. The van der Waals surface area contributed by atoms with Crippen molar-refractivity contribution in [2.75, 3.05) is 0 Å². The summed E-state index contributed by atoms with van der Waals surface area (Å²) in [5.74, 6) is 0. The molecule has 0 aliphatic heterocycles. The van der Waals surface area contributed by atoms with E-state index in [1.54, 1.807) is 5.19 Å². The van der Waals surface area contributed by atoms with Gasteiger partial charge in [-0.1, -0.05) is 67.7 Å². The molecule has 0 aliphatic carbocycles. The summed E-state index contributed by atoms with van der Waals surface area (Å²) in [6, 6.07) is 10.9. The number of rotatable bonds is 3. The predicted molar refractivity (Wildman–Crippen MR) is 67.8 cm³/mol. The van der Waals surface area contributed by atoms with E-state index in [0.29, 0.717) is 5.54 Å². The molecule has 0 bridgehead atoms. The van der Waals surface area contributed by atoms with Gasteiger partial charge in [0.1, 0.15) is 0 Å². The maximum atomic E-state index is 2.44. The van der Waals surface area contributed by atoms with Crippen LogP contribution in [0.2, 0.25) is 18.6 Å². The Kier molecular flexibility index (Phi) is 3.70. The highest BCUT2D eigenvalue weighted by molar-refractivity contribution is 6.91. The molecule has 0 heterocycles. The van der Waals surface area contributed by atoms with Crippen molar-refractivity contribution in [2.45, 2.75) is 32.5 Å². The largest absolute Gasteiger partial charge is 0.0917 e. The van der Waals surface area contributed by atoms with Crippen molar-refractivity contribution in [3.05, 3.63) is 42.5 Å². The second-order valence-corrected chi connectivity index (χ2v) is 9.33. The van der Waals surface area contributed by atoms with E-state index >= 15 is 0 Å². The fourth-order valence-electron chi connectivity index (χ4n) is 1.66. The lowest BCUT2D eigenvalue weighted by atomic mass is 10.4. The molecule has 1 aromatic carbocycles. The van der Waals surface area contributed by atoms with Gasteiger partial charge in [-0.25, -0.2) is 0 Å². The molecule has 1 aromatic rings. The Morgan fingerprint density at radius 1 is 1.14 bits per heavy atom. The number of allylic oxidation sites excluding steroid dienone is 2. The van der Waals surface area contributed by atoms with Crippen LogP contribution in [-0.4, -0.2) is 8.07 Å². The van der Waals surface area contributed by atoms with Crippen LogP contribution in [0.1, 0.15) is 13.8 Å². The Bertz CT molecular complexity index is 298. The molecule has 0 aliphatic rings. The molecule has 1 rings (SSSR count). The van der Waals surface area contributed by atoms with E-state index in [1.165, 1.54) is 0 Å². The summed E-state index contributed by atoms with van der Waals surface area (Å²) in [6.45, 7) is 9.31. The first-order valence-corrected chi connectivity index (χ1v) is 8.35. The maximum Gasteiger partial charge on any atom is 0.0871 e. The molecular weight excluding hydrogens is 184 g/mol. The minimum absolute atomic E-state index is 0.704. The van der Waals surface area contributed by atoms with Gasteiger partial charge in [-0.15, -0.1) is 0 Å². The average molecular weight is 204 g/mol. The molecule has 0 radical (unpaired) electrons. The highest BCUT2D eigenvalue weighted by Gasteiger charge is 2.28. The van der Waals surface area contributed by atoms with Crippen LogP contribution in [0.25, 0.3) is 0 Å². The zero-order valence-corrected chi connectivity index (χ0v) is 10.6. The Balaban J connectivity index is 2.95. The van der Waals surface area contributed by atoms with Crippen LogP contribution in [0.5, 0.6) is 0 Å². The van der Waals surface area contributed by atoms with Gasteiger partial charge in [0.2, 0.25) is 0 Å². The Hall–Kier alpha value is -0.823. The normalized spacial score (nSPS) is 14.6. The fraction of sp³-hybridized carbons (Fsp3) is 0.385. The van der Waals surface area contributed by atoms with Crippen molar-refractivity contribution in [3.63, 3.8) is 0 Å². The lowest BCUT2D eigenvalue weighted by molar-refractivity contribution is 1.13. The van der Waals surface area contributed by atoms with Crippen LogP contribution in [0.15, 0.2) is 42.5 Å². The third-order valence-electron chi connectivity index (χ3n) is 3.14. The van der Waals surface area contributed by atoms with Crippen molar-refractivity contribution in [2.24, 2.45) is 0 Å². The first kappa shape index (κ1) is 11.3. The summed E-state index contributed by atoms with van der Waals surface area (Å²) < 4.78 is 0. The Morgan fingerprint density at radius 2 is 1.71 bits per heavy atom. The van der Waals surface area contributed by atoms with Crippen LogP contribution in [0.3, 0.4) is 0 Å². The van der Waals surface area contributed by atoms with Gasteiger partial charge in [-0.05, 0) is 12.5 Å². The first-order valence-electron chi connectivity index (χ1n) is 5.27. The van der Waals surface area contributed by atoms with Crippen LogP contribution >= 0.6 is 0 Å². The van der Waals surface area contributed by atoms with Gasteiger partial charge >= 0.3 is 0 Å². The van der Waals surface area contributed by atoms with Crippen molar-refractivity contribution < 1.29 is 0 Å². The minimum atomic E-state index is -1.29. The van der Waals surface area contributed by atoms with Gasteiger partial charge in [0.05, 0.1) is 8.07 Å². The summed E-state index contributed by atoms with van der Waals surface area (Å²) in [6.07, 6.45) is 4.50. The van der Waals surface area contributed by atoms with E-state index in [2.05, 4.69) is 69.4 Å². The van der Waals surface area contributed by atoms with E-state index in [-0.39, 0.29) is 0 Å². The lowest BCUT2D eigenvalue weighted by Crippen LogP contribution is -2.44. The zero-order chi connectivity index (χ0) is 10.6. The van der Waals surface area contributed by atoms with Gasteiger partial charge in [0.15, 0.2) is 0 Å². The quantitative estimate of drug-likeness (QED) is 0.521. The molecule has 76 valence electrons. The second-order valence-electron chi connectivity index (χ2n) is 4.40. The van der Waals surface area contributed by atoms with Crippen molar-refractivity contribution in [1.82, 2.24) is 0 Å². The Labute approximate surface area is 88.7 Å². The van der Waals surface area contributed by atoms with Crippen molar-refractivity contribution in [1.29, 1.82) is 0 Å². The highest BCUT2D eigenvalue weighted by atomic mass is 28.3. The lowest BCUT2D eigenvalue weighted by Gasteiger charge is -2.28. The van der Waals surface area contributed by atoms with Crippen LogP contribution < -0.4 is 5.19 Å². The van der Waals surface area contributed by atoms with Gasteiger partial charge in [-0.3, -0.25) is 0 Å². The van der Waals surface area contributed by atoms with Gasteiger partial charge in [-0.2, -0.15) is 0 Å². The molecular formula is C13H20Si. The summed E-state index contributed by atoms with van der Waals surface area (Å²) in [7, 11) is -1.29. The monoisotopic (exact) mass is 204 g/mol. The third-order valence-corrected chi connectivity index (χ3v) is 7.43. The summed E-state index contributed by atoms with van der Waals surface area (Å²) >= 11 is 0. The molecule has 0 saturated carbocycles. The summed E-state index contributed by atoms with van der Waals surface area (Å²) in [5.41, 5.74) is 0.704. The Morgan fingerprint density at radius 3 is 2.21 bits per heavy atom.